The van der Waals surface area contributed by atoms with Gasteiger partial charge in [-0.05, 0) is 31.0 Å². The molecule has 2 rings (SSSR count). The Kier molecular flexibility index (Phi) is 4.21. The van der Waals surface area contributed by atoms with Gasteiger partial charge in [0, 0.05) is 6.42 Å². The standard InChI is InChI=1S/C13H12N4OS/c1-9-16-17-13(19-9)15-12(18)7-6-10-2-4-11(8-14)5-3-10/h2-5H,6-7H2,1H3,(H,15,17,18). The summed E-state index contributed by atoms with van der Waals surface area (Å²) in [6.07, 6.45) is 1.01. The third-order valence-electron chi connectivity index (χ3n) is 2.50. The van der Waals surface area contributed by atoms with E-state index in [0.717, 1.165) is 10.6 Å². The fourth-order valence-electron chi connectivity index (χ4n) is 1.53. The van der Waals surface area contributed by atoms with Crippen molar-refractivity contribution in [2.24, 2.45) is 0 Å². The number of benzene rings is 1. The number of amides is 1. The first-order valence-corrected chi connectivity index (χ1v) is 6.58. The van der Waals surface area contributed by atoms with E-state index in [1.165, 1.54) is 11.3 Å². The van der Waals surface area contributed by atoms with Crippen molar-refractivity contribution in [1.29, 1.82) is 5.26 Å². The number of nitrogens with one attached hydrogen (secondary N) is 1. The zero-order valence-electron chi connectivity index (χ0n) is 10.4. The first kappa shape index (κ1) is 13.2. The molecule has 0 fully saturated rings. The summed E-state index contributed by atoms with van der Waals surface area (Å²) < 4.78 is 0. The van der Waals surface area contributed by atoms with Crippen LogP contribution in [0.1, 0.15) is 22.6 Å². The maximum atomic E-state index is 11.7. The van der Waals surface area contributed by atoms with Crippen LogP contribution in [0.2, 0.25) is 0 Å². The molecular formula is C13H12N4OS. The Labute approximate surface area is 114 Å². The predicted octanol–water partition coefficient (Wildman–Crippen LogP) is 2.29. The van der Waals surface area contributed by atoms with Gasteiger partial charge in [0.1, 0.15) is 5.01 Å². The van der Waals surface area contributed by atoms with Crippen LogP contribution in [0.15, 0.2) is 24.3 Å². The number of rotatable bonds is 4. The molecule has 0 unspecified atom stereocenters. The molecule has 2 aromatic rings. The summed E-state index contributed by atoms with van der Waals surface area (Å²) in [5, 5.41) is 20.4. The summed E-state index contributed by atoms with van der Waals surface area (Å²) >= 11 is 1.35. The molecule has 0 aliphatic rings. The van der Waals surface area contributed by atoms with Crippen molar-refractivity contribution in [3.63, 3.8) is 0 Å². The average Bonchev–Trinajstić information content (AvgIpc) is 2.82. The first-order valence-electron chi connectivity index (χ1n) is 5.76. The summed E-state index contributed by atoms with van der Waals surface area (Å²) in [5.74, 6) is -0.0829. The number of carbonyl (C=O) groups is 1. The molecule has 0 saturated heterocycles. The highest BCUT2D eigenvalue weighted by atomic mass is 32.1. The summed E-state index contributed by atoms with van der Waals surface area (Å²) in [6, 6.07) is 9.29. The second-order valence-electron chi connectivity index (χ2n) is 3.98. The molecule has 1 aromatic carbocycles. The van der Waals surface area contributed by atoms with Crippen LogP contribution < -0.4 is 5.32 Å². The van der Waals surface area contributed by atoms with Gasteiger partial charge in [-0.15, -0.1) is 10.2 Å². The first-order chi connectivity index (χ1) is 9.17. The minimum Gasteiger partial charge on any atom is -0.301 e. The summed E-state index contributed by atoms with van der Waals surface area (Å²) in [7, 11) is 0. The zero-order chi connectivity index (χ0) is 13.7. The second kappa shape index (κ2) is 6.07. The Morgan fingerprint density at radius 1 is 1.37 bits per heavy atom. The fourth-order valence-corrected chi connectivity index (χ4v) is 2.14. The van der Waals surface area contributed by atoms with Gasteiger partial charge in [0.05, 0.1) is 11.6 Å². The van der Waals surface area contributed by atoms with E-state index in [1.54, 1.807) is 12.1 Å². The second-order valence-corrected chi connectivity index (χ2v) is 5.16. The maximum Gasteiger partial charge on any atom is 0.226 e. The van der Waals surface area contributed by atoms with Crippen LogP contribution in [-0.4, -0.2) is 16.1 Å². The molecule has 0 aliphatic carbocycles. The van der Waals surface area contributed by atoms with Crippen LogP contribution in [0.4, 0.5) is 5.13 Å². The summed E-state index contributed by atoms with van der Waals surface area (Å²) in [4.78, 5) is 11.7. The topological polar surface area (TPSA) is 78.7 Å². The third kappa shape index (κ3) is 3.86. The SMILES string of the molecule is Cc1nnc(NC(=O)CCc2ccc(C#N)cc2)s1. The molecule has 0 spiro atoms. The molecule has 1 heterocycles. The average molecular weight is 272 g/mol. The quantitative estimate of drug-likeness (QED) is 0.926. The monoisotopic (exact) mass is 272 g/mol. The summed E-state index contributed by atoms with van der Waals surface area (Å²) in [5.41, 5.74) is 1.65. The van der Waals surface area contributed by atoms with E-state index in [9.17, 15) is 4.79 Å². The number of nitrogens with zero attached hydrogens (tertiary/aromatic N) is 3. The van der Waals surface area contributed by atoms with E-state index in [1.807, 2.05) is 19.1 Å². The number of carbonyl (C=O) groups excluding carboxylic acids is 1. The van der Waals surface area contributed by atoms with Crippen LogP contribution in [0.5, 0.6) is 0 Å². The molecule has 1 aromatic heterocycles. The van der Waals surface area contributed by atoms with Gasteiger partial charge in [0.25, 0.3) is 0 Å². The van der Waals surface area contributed by atoms with Crippen LogP contribution >= 0.6 is 11.3 Å². The van der Waals surface area contributed by atoms with E-state index < -0.39 is 0 Å². The highest BCUT2D eigenvalue weighted by Gasteiger charge is 2.06. The highest BCUT2D eigenvalue weighted by Crippen LogP contribution is 2.14. The number of hydrogen-bond acceptors (Lipinski definition) is 5. The molecular weight excluding hydrogens is 260 g/mol. The lowest BCUT2D eigenvalue weighted by molar-refractivity contribution is -0.116. The number of nitriles is 1. The minimum absolute atomic E-state index is 0.0829. The lowest BCUT2D eigenvalue weighted by Crippen LogP contribution is -2.12. The molecule has 0 aliphatic heterocycles. The van der Waals surface area contributed by atoms with Crippen LogP contribution in [0.3, 0.4) is 0 Å². The fraction of sp³-hybridized carbons (Fsp3) is 0.231. The van der Waals surface area contributed by atoms with Crippen molar-refractivity contribution in [3.8, 4) is 6.07 Å². The van der Waals surface area contributed by atoms with E-state index in [2.05, 4.69) is 21.6 Å². The normalized spacial score (nSPS) is 9.89. The number of hydrogen-bond donors (Lipinski definition) is 1. The molecule has 96 valence electrons. The van der Waals surface area contributed by atoms with E-state index in [4.69, 9.17) is 5.26 Å². The van der Waals surface area contributed by atoms with Gasteiger partial charge in [0.15, 0.2) is 0 Å². The molecule has 0 bridgehead atoms. The molecule has 0 atom stereocenters. The van der Waals surface area contributed by atoms with Gasteiger partial charge >= 0.3 is 0 Å². The van der Waals surface area contributed by atoms with Gasteiger partial charge in [-0.3, -0.25) is 4.79 Å². The van der Waals surface area contributed by atoms with Crippen molar-refractivity contribution in [2.75, 3.05) is 5.32 Å². The van der Waals surface area contributed by atoms with Crippen LogP contribution in [-0.2, 0) is 11.2 Å². The molecule has 1 N–H and O–H groups in total. The van der Waals surface area contributed by atoms with E-state index in [-0.39, 0.29) is 5.91 Å². The van der Waals surface area contributed by atoms with Gasteiger partial charge in [-0.25, -0.2) is 0 Å². The molecule has 0 saturated carbocycles. The lowest BCUT2D eigenvalue weighted by Gasteiger charge is -2.02. The Morgan fingerprint density at radius 2 is 2.11 bits per heavy atom. The van der Waals surface area contributed by atoms with Crippen molar-refractivity contribution >= 4 is 22.4 Å². The number of anilines is 1. The minimum atomic E-state index is -0.0829. The highest BCUT2D eigenvalue weighted by molar-refractivity contribution is 7.15. The molecule has 0 radical (unpaired) electrons. The van der Waals surface area contributed by atoms with Crippen molar-refractivity contribution < 1.29 is 4.79 Å². The Morgan fingerprint density at radius 3 is 2.68 bits per heavy atom. The van der Waals surface area contributed by atoms with Crippen molar-refractivity contribution in [1.82, 2.24) is 10.2 Å². The van der Waals surface area contributed by atoms with E-state index in [0.29, 0.717) is 23.5 Å². The Balaban J connectivity index is 1.84. The van der Waals surface area contributed by atoms with Crippen LogP contribution in [0.25, 0.3) is 0 Å². The van der Waals surface area contributed by atoms with Gasteiger partial charge in [0.2, 0.25) is 11.0 Å². The van der Waals surface area contributed by atoms with Gasteiger partial charge in [-0.1, -0.05) is 23.5 Å². The third-order valence-corrected chi connectivity index (χ3v) is 3.25. The Hall–Kier alpha value is -2.26. The van der Waals surface area contributed by atoms with Crippen molar-refractivity contribution in [3.05, 3.63) is 40.4 Å². The summed E-state index contributed by atoms with van der Waals surface area (Å²) in [6.45, 7) is 1.84. The number of aromatic nitrogens is 2. The van der Waals surface area contributed by atoms with Crippen LogP contribution in [0, 0.1) is 18.3 Å². The molecule has 5 nitrogen and oxygen atoms in total. The predicted molar refractivity (Wildman–Crippen MR) is 72.8 cm³/mol. The van der Waals surface area contributed by atoms with Crippen molar-refractivity contribution in [2.45, 2.75) is 19.8 Å². The number of aryl methyl sites for hydroxylation is 2. The molecule has 19 heavy (non-hydrogen) atoms. The Bertz CT molecular complexity index is 612. The molecule has 6 heteroatoms. The van der Waals surface area contributed by atoms with Gasteiger partial charge < -0.3 is 5.32 Å². The van der Waals surface area contributed by atoms with Gasteiger partial charge in [-0.2, -0.15) is 5.26 Å². The molecule has 1 amide bonds. The lowest BCUT2D eigenvalue weighted by atomic mass is 10.1. The zero-order valence-corrected chi connectivity index (χ0v) is 11.2. The smallest absolute Gasteiger partial charge is 0.226 e. The maximum absolute atomic E-state index is 11.7. The van der Waals surface area contributed by atoms with E-state index >= 15 is 0 Å². The largest absolute Gasteiger partial charge is 0.301 e.